The molecule has 1 atom stereocenters. The van der Waals surface area contributed by atoms with Crippen molar-refractivity contribution in [2.24, 2.45) is 0 Å². The van der Waals surface area contributed by atoms with E-state index in [-0.39, 0.29) is 23.7 Å². The molecule has 21 heavy (non-hydrogen) atoms. The van der Waals surface area contributed by atoms with E-state index in [4.69, 9.17) is 0 Å². The summed E-state index contributed by atoms with van der Waals surface area (Å²) in [5, 5.41) is 0. The molecule has 1 unspecified atom stereocenters. The minimum absolute atomic E-state index is 0.00205. The van der Waals surface area contributed by atoms with Crippen LogP contribution >= 0.6 is 0 Å². The molecule has 6 nitrogen and oxygen atoms in total. The minimum atomic E-state index is -3.12. The third-order valence-corrected chi connectivity index (χ3v) is 6.80. The molecule has 2 rings (SSSR count). The molecule has 0 N–H and O–H groups in total. The number of nitrogens with zero attached hydrogens (tertiary/aromatic N) is 3. The number of rotatable bonds is 4. The summed E-state index contributed by atoms with van der Waals surface area (Å²) in [5.74, 6) is 0.365. The van der Waals surface area contributed by atoms with Crippen molar-refractivity contribution in [1.29, 1.82) is 0 Å². The van der Waals surface area contributed by atoms with Crippen molar-refractivity contribution in [3.8, 4) is 0 Å². The molecule has 0 aromatic rings. The summed E-state index contributed by atoms with van der Waals surface area (Å²) in [6.07, 6.45) is 3.60. The van der Waals surface area contributed by atoms with Crippen LogP contribution in [0.15, 0.2) is 0 Å². The first kappa shape index (κ1) is 16.7. The molecule has 2 fully saturated rings. The molecule has 122 valence electrons. The molecule has 7 heteroatoms. The van der Waals surface area contributed by atoms with E-state index in [1.807, 2.05) is 11.9 Å². The number of likely N-dealkylation sites (N-methyl/N-ethyl adjacent to an activating group) is 1. The van der Waals surface area contributed by atoms with Gasteiger partial charge in [0.25, 0.3) is 0 Å². The highest BCUT2D eigenvalue weighted by atomic mass is 32.2. The van der Waals surface area contributed by atoms with Gasteiger partial charge in [0, 0.05) is 39.8 Å². The molecule has 0 aliphatic carbocycles. The van der Waals surface area contributed by atoms with Crippen molar-refractivity contribution < 1.29 is 13.2 Å². The van der Waals surface area contributed by atoms with E-state index < -0.39 is 10.0 Å². The molecular weight excluding hydrogens is 290 g/mol. The zero-order valence-electron chi connectivity index (χ0n) is 13.3. The van der Waals surface area contributed by atoms with Gasteiger partial charge in [0.05, 0.1) is 11.8 Å². The molecule has 0 aromatic carbocycles. The molecule has 2 saturated heterocycles. The van der Waals surface area contributed by atoms with Gasteiger partial charge in [-0.1, -0.05) is 0 Å². The third kappa shape index (κ3) is 3.57. The number of amides is 1. The van der Waals surface area contributed by atoms with E-state index in [1.165, 1.54) is 4.31 Å². The van der Waals surface area contributed by atoms with Gasteiger partial charge in [-0.3, -0.25) is 9.69 Å². The summed E-state index contributed by atoms with van der Waals surface area (Å²) in [4.78, 5) is 16.3. The first-order valence-corrected chi connectivity index (χ1v) is 9.42. The highest BCUT2D eigenvalue weighted by Gasteiger charge is 2.35. The fourth-order valence-electron chi connectivity index (χ4n) is 3.34. The summed E-state index contributed by atoms with van der Waals surface area (Å²) < 4.78 is 25.4. The van der Waals surface area contributed by atoms with Crippen LogP contribution < -0.4 is 0 Å². The predicted octanol–water partition coefficient (Wildman–Crippen LogP) is 0.353. The highest BCUT2D eigenvalue weighted by Crippen LogP contribution is 2.23. The second-order valence-corrected chi connectivity index (χ2v) is 8.42. The largest absolute Gasteiger partial charge is 0.344 e. The van der Waals surface area contributed by atoms with Crippen LogP contribution in [0.25, 0.3) is 0 Å². The van der Waals surface area contributed by atoms with Crippen molar-refractivity contribution in [2.75, 3.05) is 39.5 Å². The maximum atomic E-state index is 12.2. The number of hydrogen-bond acceptors (Lipinski definition) is 4. The predicted molar refractivity (Wildman–Crippen MR) is 82.5 cm³/mol. The van der Waals surface area contributed by atoms with Crippen LogP contribution in [0, 0.1) is 0 Å². The van der Waals surface area contributed by atoms with E-state index in [0.717, 1.165) is 45.3 Å². The first-order valence-electron chi connectivity index (χ1n) is 7.81. The molecule has 2 heterocycles. The number of hydrogen-bond donors (Lipinski definition) is 0. The lowest BCUT2D eigenvalue weighted by molar-refractivity contribution is -0.139. The Morgan fingerprint density at radius 2 is 1.81 bits per heavy atom. The fraction of sp³-hybridized carbons (Fsp3) is 0.929. The Kier molecular flexibility index (Phi) is 5.27. The Bertz CT molecular complexity index is 472. The van der Waals surface area contributed by atoms with Gasteiger partial charge in [0.2, 0.25) is 15.9 Å². The maximum Gasteiger partial charge on any atom is 0.239 e. The standard InChI is InChI=1S/C14H27N3O3S/c1-4-21(19,20)16(3)12-7-10-17(11-8-12)13-6-5-9-15(2)14(13)18/h12-13H,4-11H2,1-3H3. The van der Waals surface area contributed by atoms with E-state index in [2.05, 4.69) is 4.90 Å². The Hall–Kier alpha value is -0.660. The smallest absolute Gasteiger partial charge is 0.239 e. The Morgan fingerprint density at radius 1 is 1.19 bits per heavy atom. The Balaban J connectivity index is 1.93. The zero-order chi connectivity index (χ0) is 15.6. The number of carbonyl (C=O) groups is 1. The second-order valence-electron chi connectivity index (χ2n) is 6.10. The summed E-state index contributed by atoms with van der Waals surface area (Å²) in [6, 6.07) is 0.0698. The van der Waals surface area contributed by atoms with Gasteiger partial charge in [-0.2, -0.15) is 0 Å². The van der Waals surface area contributed by atoms with Crippen molar-refractivity contribution in [1.82, 2.24) is 14.1 Å². The summed E-state index contributed by atoms with van der Waals surface area (Å²) in [6.45, 7) is 4.14. The number of piperidine rings is 2. The molecule has 0 bridgehead atoms. The third-order valence-electron chi connectivity index (χ3n) is 4.89. The van der Waals surface area contributed by atoms with Crippen LogP contribution in [0.4, 0.5) is 0 Å². The average molecular weight is 317 g/mol. The van der Waals surface area contributed by atoms with Crippen LogP contribution in [0.5, 0.6) is 0 Å². The Labute approximate surface area is 128 Å². The average Bonchev–Trinajstić information content (AvgIpc) is 2.49. The van der Waals surface area contributed by atoms with Crippen molar-refractivity contribution in [2.45, 2.75) is 44.7 Å². The Morgan fingerprint density at radius 3 is 2.38 bits per heavy atom. The molecule has 0 aromatic heterocycles. The van der Waals surface area contributed by atoms with Crippen LogP contribution in [-0.4, -0.2) is 80.0 Å². The lowest BCUT2D eigenvalue weighted by Crippen LogP contribution is -2.55. The molecule has 0 spiro atoms. The number of carbonyl (C=O) groups excluding carboxylic acids is 1. The fourth-order valence-corrected chi connectivity index (χ4v) is 4.41. The quantitative estimate of drug-likeness (QED) is 0.751. The van der Waals surface area contributed by atoms with Gasteiger partial charge >= 0.3 is 0 Å². The topological polar surface area (TPSA) is 60.9 Å². The lowest BCUT2D eigenvalue weighted by atomic mass is 9.98. The van der Waals surface area contributed by atoms with E-state index in [9.17, 15) is 13.2 Å². The van der Waals surface area contributed by atoms with E-state index >= 15 is 0 Å². The minimum Gasteiger partial charge on any atom is -0.344 e. The zero-order valence-corrected chi connectivity index (χ0v) is 14.1. The summed E-state index contributed by atoms with van der Waals surface area (Å²) in [5.41, 5.74) is 0. The molecule has 2 aliphatic heterocycles. The van der Waals surface area contributed by atoms with E-state index in [1.54, 1.807) is 14.0 Å². The molecule has 0 radical (unpaired) electrons. The van der Waals surface area contributed by atoms with Crippen molar-refractivity contribution in [3.05, 3.63) is 0 Å². The van der Waals surface area contributed by atoms with Gasteiger partial charge < -0.3 is 4.90 Å². The van der Waals surface area contributed by atoms with Crippen LogP contribution in [0.1, 0.15) is 32.6 Å². The summed E-state index contributed by atoms with van der Waals surface area (Å²) >= 11 is 0. The lowest BCUT2D eigenvalue weighted by Gasteiger charge is -2.42. The van der Waals surface area contributed by atoms with Gasteiger partial charge in [0.15, 0.2) is 0 Å². The maximum absolute atomic E-state index is 12.2. The normalized spacial score (nSPS) is 26.6. The SMILES string of the molecule is CCS(=O)(=O)N(C)C1CCN(C2CCCN(C)C2=O)CC1. The van der Waals surface area contributed by atoms with E-state index in [0.29, 0.717) is 0 Å². The van der Waals surface area contributed by atoms with Crippen molar-refractivity contribution >= 4 is 15.9 Å². The van der Waals surface area contributed by atoms with Crippen LogP contribution in [0.2, 0.25) is 0 Å². The van der Waals surface area contributed by atoms with Crippen LogP contribution in [-0.2, 0) is 14.8 Å². The molecule has 2 aliphatic rings. The number of likely N-dealkylation sites (tertiary alicyclic amines) is 2. The van der Waals surface area contributed by atoms with Crippen LogP contribution in [0.3, 0.4) is 0 Å². The highest BCUT2D eigenvalue weighted by molar-refractivity contribution is 7.89. The molecule has 0 saturated carbocycles. The van der Waals surface area contributed by atoms with Gasteiger partial charge in [-0.25, -0.2) is 12.7 Å². The molecule has 1 amide bonds. The number of sulfonamides is 1. The second kappa shape index (κ2) is 6.62. The first-order chi connectivity index (χ1) is 9.86. The monoisotopic (exact) mass is 317 g/mol. The van der Waals surface area contributed by atoms with Crippen molar-refractivity contribution in [3.63, 3.8) is 0 Å². The molecular formula is C14H27N3O3S. The van der Waals surface area contributed by atoms with Gasteiger partial charge in [-0.05, 0) is 32.6 Å². The summed E-state index contributed by atoms with van der Waals surface area (Å²) in [7, 11) is 0.423. The van der Waals surface area contributed by atoms with Gasteiger partial charge in [0.1, 0.15) is 0 Å². The van der Waals surface area contributed by atoms with Gasteiger partial charge in [-0.15, -0.1) is 0 Å².